The van der Waals surface area contributed by atoms with Gasteiger partial charge >= 0.3 is 6.09 Å². The molecule has 1 aliphatic heterocycles. The number of nitro groups is 1. The van der Waals surface area contributed by atoms with E-state index in [4.69, 9.17) is 27.1 Å². The molecule has 1 aromatic rings. The summed E-state index contributed by atoms with van der Waals surface area (Å²) in [5, 5.41) is 10.7. The fourth-order valence-corrected chi connectivity index (χ4v) is 6.03. The lowest BCUT2D eigenvalue weighted by Crippen LogP contribution is -2.43. The van der Waals surface area contributed by atoms with Crippen molar-refractivity contribution < 1.29 is 18.9 Å². The number of carbonyl (C=O) groups excluding carboxylic acids is 1. The van der Waals surface area contributed by atoms with E-state index >= 15 is 0 Å². The number of ether oxygens (including phenoxy) is 1. The number of amides is 1. The minimum absolute atomic E-state index is 0.0111. The Kier molecular flexibility index (Phi) is 8.11. The van der Waals surface area contributed by atoms with Gasteiger partial charge < -0.3 is 14.9 Å². The van der Waals surface area contributed by atoms with Crippen molar-refractivity contribution in [3.05, 3.63) is 39.9 Å². The fraction of sp³-hybridized carbons (Fsp3) is 0.579. The van der Waals surface area contributed by atoms with Crippen molar-refractivity contribution in [2.45, 2.75) is 64.1 Å². The fourth-order valence-electron chi connectivity index (χ4n) is 3.41. The predicted molar refractivity (Wildman–Crippen MR) is 117 cm³/mol. The average molecular weight is 440 g/mol. The largest absolute Gasteiger partial charge is 0.445 e. The molecule has 0 radical (unpaired) electrons. The molecule has 1 fully saturated rings. The first-order chi connectivity index (χ1) is 13.6. The zero-order valence-electron chi connectivity index (χ0n) is 17.1. The maximum atomic E-state index is 12.6. The molecule has 1 aliphatic rings. The molecular formula is C19H29N3O5SSi. The van der Waals surface area contributed by atoms with Crippen LogP contribution in [-0.2, 0) is 15.8 Å². The summed E-state index contributed by atoms with van der Waals surface area (Å²) in [7, 11) is -1.82. The molecule has 1 heterocycles. The van der Waals surface area contributed by atoms with Crippen LogP contribution < -0.4 is 5.73 Å². The van der Waals surface area contributed by atoms with Gasteiger partial charge in [0.15, 0.2) is 8.32 Å². The second-order valence-corrected chi connectivity index (χ2v) is 12.6. The van der Waals surface area contributed by atoms with E-state index in [2.05, 4.69) is 20.0 Å². The Balaban J connectivity index is 1.96. The second-order valence-electron chi connectivity index (χ2n) is 7.89. The van der Waals surface area contributed by atoms with Gasteiger partial charge in [0.25, 0.3) is 5.69 Å². The number of hydrogen-bond donors (Lipinski definition) is 1. The lowest BCUT2D eigenvalue weighted by molar-refractivity contribution is -0.384. The van der Waals surface area contributed by atoms with Crippen molar-refractivity contribution in [3.8, 4) is 0 Å². The molecule has 0 saturated carbocycles. The van der Waals surface area contributed by atoms with Gasteiger partial charge in [0, 0.05) is 25.1 Å². The number of non-ortho nitro benzene ring substituents is 1. The van der Waals surface area contributed by atoms with Gasteiger partial charge in [-0.15, -0.1) is 0 Å². The number of benzene rings is 1. The summed E-state index contributed by atoms with van der Waals surface area (Å²) in [4.78, 5) is 24.7. The highest BCUT2D eigenvalue weighted by atomic mass is 32.1. The maximum absolute atomic E-state index is 12.6. The van der Waals surface area contributed by atoms with Gasteiger partial charge in [-0.1, -0.05) is 32.0 Å². The molecule has 160 valence electrons. The first-order valence-corrected chi connectivity index (χ1v) is 13.3. The van der Waals surface area contributed by atoms with Crippen LogP contribution in [0.1, 0.15) is 31.7 Å². The summed E-state index contributed by atoms with van der Waals surface area (Å²) in [6.07, 6.45) is 2.21. The Morgan fingerprint density at radius 3 is 2.59 bits per heavy atom. The molecular weight excluding hydrogens is 410 g/mol. The third kappa shape index (κ3) is 6.76. The van der Waals surface area contributed by atoms with E-state index in [1.165, 1.54) is 17.0 Å². The Morgan fingerprint density at radius 2 is 2.03 bits per heavy atom. The molecule has 0 spiro atoms. The molecule has 0 aliphatic carbocycles. The van der Waals surface area contributed by atoms with Crippen LogP contribution in [0, 0.1) is 10.1 Å². The third-order valence-corrected chi connectivity index (χ3v) is 7.75. The molecule has 0 aromatic heterocycles. The monoisotopic (exact) mass is 439 g/mol. The standard InChI is InChI=1S/C19H29N3O5SSi/c1-4-5-10-29(2,3)27-16-11-17(18(20)28)21(12-16)19(23)26-13-14-6-8-15(9-7-14)22(24)25/h6-9,16-17H,4-5,10-13H2,1-3H3,(H2,20,28)/t16-,17+/m1/s1. The van der Waals surface area contributed by atoms with E-state index in [9.17, 15) is 14.9 Å². The summed E-state index contributed by atoms with van der Waals surface area (Å²) < 4.78 is 11.8. The number of hydrogen-bond acceptors (Lipinski definition) is 6. The topological polar surface area (TPSA) is 108 Å². The van der Waals surface area contributed by atoms with Crippen LogP contribution >= 0.6 is 12.2 Å². The molecule has 2 rings (SSSR count). The van der Waals surface area contributed by atoms with E-state index in [0.717, 1.165) is 18.9 Å². The molecule has 10 heteroatoms. The smallest absolute Gasteiger partial charge is 0.410 e. The van der Waals surface area contributed by atoms with Gasteiger partial charge in [-0.25, -0.2) is 4.79 Å². The Labute approximate surface area is 177 Å². The molecule has 0 unspecified atom stereocenters. The molecule has 2 N–H and O–H groups in total. The van der Waals surface area contributed by atoms with Crippen molar-refractivity contribution in [2.75, 3.05) is 6.54 Å². The van der Waals surface area contributed by atoms with Gasteiger partial charge in [-0.2, -0.15) is 0 Å². The molecule has 0 bridgehead atoms. The minimum atomic E-state index is -1.82. The predicted octanol–water partition coefficient (Wildman–Crippen LogP) is 3.98. The van der Waals surface area contributed by atoms with Gasteiger partial charge in [0.1, 0.15) is 6.61 Å². The van der Waals surface area contributed by atoms with Crippen molar-refractivity contribution >= 4 is 37.3 Å². The van der Waals surface area contributed by atoms with Gasteiger partial charge in [0.2, 0.25) is 0 Å². The number of nitrogens with zero attached hydrogens (tertiary/aromatic N) is 2. The summed E-state index contributed by atoms with van der Waals surface area (Å²) in [5.41, 5.74) is 6.51. The van der Waals surface area contributed by atoms with Gasteiger partial charge in [-0.3, -0.25) is 15.0 Å². The van der Waals surface area contributed by atoms with Crippen molar-refractivity contribution in [2.24, 2.45) is 5.73 Å². The number of nitrogens with two attached hydrogens (primary N) is 1. The minimum Gasteiger partial charge on any atom is -0.445 e. The van der Waals surface area contributed by atoms with E-state index in [0.29, 0.717) is 18.5 Å². The Hall–Kier alpha value is -2.04. The molecule has 29 heavy (non-hydrogen) atoms. The van der Waals surface area contributed by atoms with Crippen molar-refractivity contribution in [1.82, 2.24) is 4.90 Å². The normalized spacial score (nSPS) is 19.2. The zero-order chi connectivity index (χ0) is 21.6. The molecule has 2 atom stereocenters. The first-order valence-electron chi connectivity index (χ1n) is 9.77. The van der Waals surface area contributed by atoms with E-state index < -0.39 is 25.4 Å². The highest BCUT2D eigenvalue weighted by molar-refractivity contribution is 7.80. The number of carbonyl (C=O) groups is 1. The van der Waals surface area contributed by atoms with Crippen molar-refractivity contribution in [3.63, 3.8) is 0 Å². The van der Waals surface area contributed by atoms with Crippen LogP contribution in [0.25, 0.3) is 0 Å². The summed E-state index contributed by atoms with van der Waals surface area (Å²) in [5.74, 6) is 0. The van der Waals surface area contributed by atoms with Crippen LogP contribution in [-0.4, -0.2) is 47.9 Å². The number of likely N-dealkylation sites (tertiary alicyclic amines) is 1. The van der Waals surface area contributed by atoms with Gasteiger partial charge in [-0.05, 0) is 36.8 Å². The number of nitro benzene ring substituents is 1. The van der Waals surface area contributed by atoms with E-state index in [-0.39, 0.29) is 23.4 Å². The number of unbranched alkanes of at least 4 members (excludes halogenated alkanes) is 1. The molecule has 8 nitrogen and oxygen atoms in total. The van der Waals surface area contributed by atoms with Crippen LogP contribution in [0.2, 0.25) is 19.1 Å². The highest BCUT2D eigenvalue weighted by Gasteiger charge is 2.40. The summed E-state index contributed by atoms with van der Waals surface area (Å²) in [6.45, 7) is 6.94. The quantitative estimate of drug-likeness (QED) is 0.268. The molecule has 1 aromatic carbocycles. The summed E-state index contributed by atoms with van der Waals surface area (Å²) >= 11 is 5.15. The highest BCUT2D eigenvalue weighted by Crippen LogP contribution is 2.27. The van der Waals surface area contributed by atoms with Crippen LogP contribution in [0.4, 0.5) is 10.5 Å². The molecule has 1 amide bonds. The van der Waals surface area contributed by atoms with Crippen LogP contribution in [0.5, 0.6) is 0 Å². The van der Waals surface area contributed by atoms with E-state index in [1.54, 1.807) is 12.1 Å². The van der Waals surface area contributed by atoms with Crippen molar-refractivity contribution in [1.29, 1.82) is 0 Å². The van der Waals surface area contributed by atoms with Crippen LogP contribution in [0.15, 0.2) is 24.3 Å². The SMILES string of the molecule is CCCC[Si](C)(C)O[C@@H]1C[C@@H](C(N)=S)N(C(=O)OCc2ccc([N+](=O)[O-])cc2)C1. The number of rotatable bonds is 9. The molecule has 1 saturated heterocycles. The van der Waals surface area contributed by atoms with E-state index in [1.807, 2.05) is 0 Å². The lowest BCUT2D eigenvalue weighted by atomic mass is 10.2. The second kappa shape index (κ2) is 10.1. The third-order valence-electron chi connectivity index (χ3n) is 4.95. The van der Waals surface area contributed by atoms with Gasteiger partial charge in [0.05, 0.1) is 22.1 Å². The summed E-state index contributed by atoms with van der Waals surface area (Å²) in [6, 6.07) is 6.56. The zero-order valence-corrected chi connectivity index (χ0v) is 18.9. The first kappa shape index (κ1) is 23.2. The Morgan fingerprint density at radius 1 is 1.38 bits per heavy atom. The average Bonchev–Trinajstić information content (AvgIpc) is 3.08. The lowest BCUT2D eigenvalue weighted by Gasteiger charge is -2.27. The maximum Gasteiger partial charge on any atom is 0.410 e. The van der Waals surface area contributed by atoms with Crippen LogP contribution in [0.3, 0.4) is 0 Å². The number of thiocarbonyl (C=S) groups is 1. The Bertz CT molecular complexity index is 744.